The third kappa shape index (κ3) is 3.12. The van der Waals surface area contributed by atoms with Crippen LogP contribution in [-0.2, 0) is 10.9 Å². The lowest BCUT2D eigenvalue weighted by Gasteiger charge is -2.29. The number of aromatic nitrogens is 2. The fraction of sp³-hybridized carbons (Fsp3) is 0.294. The SMILES string of the molecule is Fc1ccc(-c2scc3nc(N4CCOCC4)c(C(F)(F)F)nc23)cc1. The molecule has 4 rings (SSSR count). The first-order chi connectivity index (χ1) is 12.4. The molecule has 0 amide bonds. The number of rotatable bonds is 2. The van der Waals surface area contributed by atoms with Gasteiger partial charge in [0.2, 0.25) is 0 Å². The predicted molar refractivity (Wildman–Crippen MR) is 90.8 cm³/mol. The van der Waals surface area contributed by atoms with Gasteiger partial charge < -0.3 is 9.64 Å². The van der Waals surface area contributed by atoms with Crippen molar-refractivity contribution in [3.63, 3.8) is 0 Å². The lowest BCUT2D eigenvalue weighted by Crippen LogP contribution is -2.38. The zero-order valence-corrected chi connectivity index (χ0v) is 14.2. The number of anilines is 1. The minimum Gasteiger partial charge on any atom is -0.378 e. The van der Waals surface area contributed by atoms with Crippen molar-refractivity contribution in [1.29, 1.82) is 0 Å². The van der Waals surface area contributed by atoms with Crippen molar-refractivity contribution < 1.29 is 22.3 Å². The molecule has 3 heterocycles. The molecule has 136 valence electrons. The maximum atomic E-state index is 13.6. The fourth-order valence-corrected chi connectivity index (χ4v) is 3.78. The van der Waals surface area contributed by atoms with Gasteiger partial charge in [-0.1, -0.05) is 12.1 Å². The number of fused-ring (bicyclic) bond motifs is 1. The predicted octanol–water partition coefficient (Wildman–Crippen LogP) is 4.35. The summed E-state index contributed by atoms with van der Waals surface area (Å²) in [5.74, 6) is -0.581. The minimum atomic E-state index is -4.63. The van der Waals surface area contributed by atoms with E-state index in [1.54, 1.807) is 10.3 Å². The summed E-state index contributed by atoms with van der Waals surface area (Å²) < 4.78 is 59.2. The van der Waals surface area contributed by atoms with E-state index in [4.69, 9.17) is 4.74 Å². The fourth-order valence-electron chi connectivity index (χ4n) is 2.85. The second kappa shape index (κ2) is 6.48. The quantitative estimate of drug-likeness (QED) is 0.617. The zero-order chi connectivity index (χ0) is 18.3. The van der Waals surface area contributed by atoms with Gasteiger partial charge in [-0.3, -0.25) is 0 Å². The van der Waals surface area contributed by atoms with Gasteiger partial charge in [0.1, 0.15) is 16.9 Å². The first-order valence-electron chi connectivity index (χ1n) is 7.88. The highest BCUT2D eigenvalue weighted by atomic mass is 32.1. The summed E-state index contributed by atoms with van der Waals surface area (Å²) >= 11 is 1.24. The monoisotopic (exact) mass is 383 g/mol. The molecule has 0 N–H and O–H groups in total. The van der Waals surface area contributed by atoms with Gasteiger partial charge in [0.05, 0.1) is 18.1 Å². The third-order valence-corrected chi connectivity index (χ3v) is 5.10. The van der Waals surface area contributed by atoms with Gasteiger partial charge in [-0.2, -0.15) is 13.2 Å². The number of alkyl halides is 3. The first-order valence-corrected chi connectivity index (χ1v) is 8.76. The van der Waals surface area contributed by atoms with E-state index in [9.17, 15) is 17.6 Å². The molecule has 4 nitrogen and oxygen atoms in total. The molecule has 2 aromatic heterocycles. The van der Waals surface area contributed by atoms with Crippen molar-refractivity contribution in [1.82, 2.24) is 9.97 Å². The van der Waals surface area contributed by atoms with Crippen LogP contribution in [0.2, 0.25) is 0 Å². The van der Waals surface area contributed by atoms with Crippen LogP contribution in [0.4, 0.5) is 23.4 Å². The van der Waals surface area contributed by atoms with E-state index < -0.39 is 17.7 Å². The summed E-state index contributed by atoms with van der Waals surface area (Å²) in [5.41, 5.74) is 0.163. The molecule has 9 heteroatoms. The summed E-state index contributed by atoms with van der Waals surface area (Å²) in [4.78, 5) is 10.3. The minimum absolute atomic E-state index is 0.170. The number of hydrogen-bond donors (Lipinski definition) is 0. The lowest BCUT2D eigenvalue weighted by molar-refractivity contribution is -0.140. The average molecular weight is 383 g/mol. The van der Waals surface area contributed by atoms with Crippen LogP contribution in [0.25, 0.3) is 21.5 Å². The molecule has 0 aliphatic carbocycles. The largest absolute Gasteiger partial charge is 0.437 e. The zero-order valence-electron chi connectivity index (χ0n) is 13.4. The Balaban J connectivity index is 1.88. The maximum absolute atomic E-state index is 13.6. The standard InChI is InChI=1S/C17H13F4N3OS/c18-11-3-1-10(2-4-11)14-13-12(9-26-14)22-16(15(23-13)17(19,20)21)24-5-7-25-8-6-24/h1-4,9H,5-8H2. The number of benzene rings is 1. The van der Waals surface area contributed by atoms with Crippen LogP contribution in [0.1, 0.15) is 5.69 Å². The smallest absolute Gasteiger partial charge is 0.378 e. The summed E-state index contributed by atoms with van der Waals surface area (Å²) in [6, 6.07) is 5.57. The molecule has 0 atom stereocenters. The second-order valence-corrected chi connectivity index (χ2v) is 6.68. The number of halogens is 4. The van der Waals surface area contributed by atoms with Crippen LogP contribution in [0, 0.1) is 5.82 Å². The highest BCUT2D eigenvalue weighted by molar-refractivity contribution is 7.15. The van der Waals surface area contributed by atoms with Gasteiger partial charge >= 0.3 is 6.18 Å². The van der Waals surface area contributed by atoms with E-state index in [2.05, 4.69) is 9.97 Å². The Bertz CT molecular complexity index is 934. The number of hydrogen-bond acceptors (Lipinski definition) is 5. The van der Waals surface area contributed by atoms with E-state index in [1.165, 1.54) is 35.6 Å². The Morgan fingerprint density at radius 3 is 2.38 bits per heavy atom. The summed E-state index contributed by atoms with van der Waals surface area (Å²) in [5, 5.41) is 1.67. The third-order valence-electron chi connectivity index (χ3n) is 4.09. The van der Waals surface area contributed by atoms with Crippen LogP contribution in [0.3, 0.4) is 0 Å². The molecule has 0 bridgehead atoms. The molecule has 1 fully saturated rings. The Labute approximate surface area is 150 Å². The van der Waals surface area contributed by atoms with Gasteiger partial charge in [-0.05, 0) is 17.7 Å². The van der Waals surface area contributed by atoms with Gasteiger partial charge in [-0.15, -0.1) is 11.3 Å². The topological polar surface area (TPSA) is 38.2 Å². The Hall–Kier alpha value is -2.26. The summed E-state index contributed by atoms with van der Waals surface area (Å²) in [6.45, 7) is 1.36. The van der Waals surface area contributed by atoms with Crippen molar-refractivity contribution in [2.45, 2.75) is 6.18 Å². The van der Waals surface area contributed by atoms with Crippen LogP contribution in [0.15, 0.2) is 29.6 Å². The first kappa shape index (κ1) is 17.2. The van der Waals surface area contributed by atoms with Gasteiger partial charge in [-0.25, -0.2) is 14.4 Å². The summed E-state index contributed by atoms with van der Waals surface area (Å²) in [6.07, 6.45) is -4.63. The number of thiophene rings is 1. The van der Waals surface area contributed by atoms with E-state index in [0.717, 1.165) is 0 Å². The highest BCUT2D eigenvalue weighted by Gasteiger charge is 2.39. The Kier molecular flexibility index (Phi) is 4.28. The maximum Gasteiger partial charge on any atom is 0.437 e. The summed E-state index contributed by atoms with van der Waals surface area (Å²) in [7, 11) is 0. The van der Waals surface area contributed by atoms with Crippen LogP contribution in [-0.4, -0.2) is 36.3 Å². The molecule has 1 aliphatic rings. The van der Waals surface area contributed by atoms with Crippen molar-refractivity contribution in [3.8, 4) is 10.4 Å². The Morgan fingerprint density at radius 2 is 1.73 bits per heavy atom. The molecule has 26 heavy (non-hydrogen) atoms. The average Bonchev–Trinajstić information content (AvgIpc) is 3.04. The molecule has 1 saturated heterocycles. The van der Waals surface area contributed by atoms with Crippen LogP contribution >= 0.6 is 11.3 Å². The van der Waals surface area contributed by atoms with E-state index in [1.807, 2.05) is 0 Å². The Morgan fingerprint density at radius 1 is 1.04 bits per heavy atom. The van der Waals surface area contributed by atoms with Crippen molar-refractivity contribution >= 4 is 28.2 Å². The molecule has 0 saturated carbocycles. The van der Waals surface area contributed by atoms with Crippen molar-refractivity contribution in [3.05, 3.63) is 41.2 Å². The van der Waals surface area contributed by atoms with Crippen LogP contribution < -0.4 is 4.90 Å². The molecule has 1 aromatic carbocycles. The van der Waals surface area contributed by atoms with Crippen molar-refractivity contribution in [2.75, 3.05) is 31.2 Å². The molecular formula is C17H13F4N3OS. The van der Waals surface area contributed by atoms with E-state index in [0.29, 0.717) is 42.3 Å². The molecule has 3 aromatic rings. The number of morpholine rings is 1. The molecule has 0 unspecified atom stereocenters. The lowest BCUT2D eigenvalue weighted by atomic mass is 10.1. The number of ether oxygens (including phenoxy) is 1. The molecule has 1 aliphatic heterocycles. The van der Waals surface area contributed by atoms with Crippen LogP contribution in [0.5, 0.6) is 0 Å². The highest BCUT2D eigenvalue weighted by Crippen LogP contribution is 2.39. The second-order valence-electron chi connectivity index (χ2n) is 5.80. The van der Waals surface area contributed by atoms with E-state index >= 15 is 0 Å². The van der Waals surface area contributed by atoms with Gasteiger partial charge in [0, 0.05) is 18.5 Å². The number of nitrogens with zero attached hydrogens (tertiary/aromatic N) is 3. The van der Waals surface area contributed by atoms with Gasteiger partial charge in [0.15, 0.2) is 11.5 Å². The normalized spacial score (nSPS) is 15.6. The molecule has 0 radical (unpaired) electrons. The van der Waals surface area contributed by atoms with Crippen molar-refractivity contribution in [2.24, 2.45) is 0 Å². The molecule has 0 spiro atoms. The van der Waals surface area contributed by atoms with Gasteiger partial charge in [0.25, 0.3) is 0 Å². The molecular weight excluding hydrogens is 370 g/mol. The van der Waals surface area contributed by atoms with E-state index in [-0.39, 0.29) is 11.3 Å².